The van der Waals surface area contributed by atoms with Crippen LogP contribution in [0, 0.1) is 6.92 Å². The van der Waals surface area contributed by atoms with E-state index in [0.717, 1.165) is 11.4 Å². The Hall–Kier alpha value is -2.80. The van der Waals surface area contributed by atoms with Crippen molar-refractivity contribution in [3.05, 3.63) is 64.7 Å². The van der Waals surface area contributed by atoms with Gasteiger partial charge in [0.25, 0.3) is 5.91 Å². The van der Waals surface area contributed by atoms with Crippen molar-refractivity contribution in [3.63, 3.8) is 0 Å². The number of hydrogen-bond donors (Lipinski definition) is 1. The topological polar surface area (TPSA) is 74.0 Å². The highest BCUT2D eigenvalue weighted by molar-refractivity contribution is 6.30. The van der Waals surface area contributed by atoms with Gasteiger partial charge < -0.3 is 10.1 Å². The first-order valence-corrected chi connectivity index (χ1v) is 8.08. The van der Waals surface area contributed by atoms with Gasteiger partial charge in [-0.3, -0.25) is 9.48 Å². The molecule has 2 heterocycles. The Bertz CT molecular complexity index is 850. The molecular formula is C17H18ClN5O2. The van der Waals surface area contributed by atoms with Gasteiger partial charge in [-0.15, -0.1) is 0 Å². The van der Waals surface area contributed by atoms with E-state index in [1.807, 2.05) is 20.0 Å². The molecule has 1 amide bonds. The highest BCUT2D eigenvalue weighted by Gasteiger charge is 2.13. The molecule has 0 aliphatic heterocycles. The summed E-state index contributed by atoms with van der Waals surface area (Å²) in [4.78, 5) is 12.4. The molecule has 0 radical (unpaired) electrons. The van der Waals surface area contributed by atoms with Crippen LogP contribution in [-0.4, -0.2) is 25.5 Å². The molecule has 0 unspecified atom stereocenters. The molecule has 7 nitrogen and oxygen atoms in total. The minimum Gasteiger partial charge on any atom is -0.471 e. The standard InChI is InChI=1S/C17H18ClN5O2/c1-12-9-14(21-22(12)2)10-19-17(24)16-7-8-20-23(16)11-25-15-5-3-13(18)4-6-15/h3-9H,10-11H2,1-2H3,(H,19,24). The molecule has 0 saturated heterocycles. The zero-order valence-corrected chi connectivity index (χ0v) is 14.7. The van der Waals surface area contributed by atoms with Crippen molar-refractivity contribution in [3.8, 4) is 5.75 Å². The normalized spacial score (nSPS) is 10.7. The lowest BCUT2D eigenvalue weighted by Gasteiger charge is -2.09. The number of aromatic nitrogens is 4. The van der Waals surface area contributed by atoms with E-state index in [1.165, 1.54) is 4.68 Å². The van der Waals surface area contributed by atoms with Gasteiger partial charge in [0.1, 0.15) is 11.4 Å². The number of aryl methyl sites for hydroxylation is 2. The average molecular weight is 360 g/mol. The minimum atomic E-state index is -0.236. The lowest BCUT2D eigenvalue weighted by Crippen LogP contribution is -2.26. The van der Waals surface area contributed by atoms with Crippen molar-refractivity contribution in [2.45, 2.75) is 20.2 Å². The molecule has 8 heteroatoms. The number of carbonyl (C=O) groups excluding carboxylic acids is 1. The summed E-state index contributed by atoms with van der Waals surface area (Å²) >= 11 is 5.84. The molecule has 1 aromatic carbocycles. The zero-order valence-electron chi connectivity index (χ0n) is 13.9. The van der Waals surface area contributed by atoms with Crippen molar-refractivity contribution in [1.29, 1.82) is 0 Å². The van der Waals surface area contributed by atoms with Gasteiger partial charge in [0.2, 0.25) is 0 Å². The van der Waals surface area contributed by atoms with Crippen LogP contribution < -0.4 is 10.1 Å². The van der Waals surface area contributed by atoms with E-state index in [1.54, 1.807) is 41.2 Å². The largest absolute Gasteiger partial charge is 0.471 e. The summed E-state index contributed by atoms with van der Waals surface area (Å²) in [5.41, 5.74) is 2.25. The third kappa shape index (κ3) is 4.19. The van der Waals surface area contributed by atoms with E-state index < -0.39 is 0 Å². The molecule has 25 heavy (non-hydrogen) atoms. The number of benzene rings is 1. The van der Waals surface area contributed by atoms with E-state index in [0.29, 0.717) is 23.0 Å². The maximum atomic E-state index is 12.4. The summed E-state index contributed by atoms with van der Waals surface area (Å²) in [6.45, 7) is 2.44. The molecule has 0 aliphatic carbocycles. The molecule has 3 rings (SSSR count). The van der Waals surface area contributed by atoms with E-state index in [2.05, 4.69) is 15.5 Å². The minimum absolute atomic E-state index is 0.125. The summed E-state index contributed by atoms with van der Waals surface area (Å²) in [6, 6.07) is 10.6. The smallest absolute Gasteiger partial charge is 0.270 e. The lowest BCUT2D eigenvalue weighted by atomic mass is 10.3. The molecule has 0 spiro atoms. The summed E-state index contributed by atoms with van der Waals surface area (Å²) in [7, 11) is 1.86. The molecule has 1 N–H and O–H groups in total. The molecule has 3 aromatic rings. The number of ether oxygens (including phenoxy) is 1. The quantitative estimate of drug-likeness (QED) is 0.734. The van der Waals surface area contributed by atoms with Crippen LogP contribution in [0.2, 0.25) is 5.02 Å². The summed E-state index contributed by atoms with van der Waals surface area (Å²) < 4.78 is 8.89. The molecular weight excluding hydrogens is 342 g/mol. The van der Waals surface area contributed by atoms with Gasteiger partial charge in [0.05, 0.1) is 12.2 Å². The fourth-order valence-electron chi connectivity index (χ4n) is 2.28. The predicted octanol–water partition coefficient (Wildman–Crippen LogP) is 2.54. The number of amides is 1. The number of nitrogens with zero attached hydrogens (tertiary/aromatic N) is 4. The number of hydrogen-bond acceptors (Lipinski definition) is 4. The van der Waals surface area contributed by atoms with Crippen molar-refractivity contribution in [2.75, 3.05) is 0 Å². The Morgan fingerprint density at radius 2 is 2.04 bits per heavy atom. The molecule has 2 aromatic heterocycles. The molecule has 0 aliphatic rings. The SMILES string of the molecule is Cc1cc(CNC(=O)c2ccnn2COc2ccc(Cl)cc2)nn1C. The molecule has 0 atom stereocenters. The Morgan fingerprint density at radius 1 is 1.28 bits per heavy atom. The fourth-order valence-corrected chi connectivity index (χ4v) is 2.40. The van der Waals surface area contributed by atoms with Gasteiger partial charge in [-0.05, 0) is 43.3 Å². The second-order valence-electron chi connectivity index (χ2n) is 5.53. The van der Waals surface area contributed by atoms with Crippen LogP contribution in [0.1, 0.15) is 21.9 Å². The molecule has 0 bridgehead atoms. The lowest BCUT2D eigenvalue weighted by molar-refractivity contribution is 0.0929. The number of rotatable bonds is 6. The van der Waals surface area contributed by atoms with Crippen LogP contribution in [0.25, 0.3) is 0 Å². The first-order valence-electron chi connectivity index (χ1n) is 7.71. The van der Waals surface area contributed by atoms with Crippen molar-refractivity contribution in [2.24, 2.45) is 7.05 Å². The van der Waals surface area contributed by atoms with Crippen LogP contribution >= 0.6 is 11.6 Å². The first-order chi connectivity index (χ1) is 12.0. The average Bonchev–Trinajstić information content (AvgIpc) is 3.19. The highest BCUT2D eigenvalue weighted by Crippen LogP contribution is 2.16. The third-order valence-corrected chi connectivity index (χ3v) is 3.96. The second-order valence-corrected chi connectivity index (χ2v) is 5.96. The Kier molecular flexibility index (Phi) is 5.04. The van der Waals surface area contributed by atoms with Crippen LogP contribution in [0.4, 0.5) is 0 Å². The van der Waals surface area contributed by atoms with Gasteiger partial charge in [-0.1, -0.05) is 11.6 Å². The van der Waals surface area contributed by atoms with Crippen LogP contribution in [-0.2, 0) is 20.3 Å². The van der Waals surface area contributed by atoms with Gasteiger partial charge >= 0.3 is 0 Å². The number of halogens is 1. The van der Waals surface area contributed by atoms with Crippen LogP contribution in [0.15, 0.2) is 42.6 Å². The predicted molar refractivity (Wildman–Crippen MR) is 93.4 cm³/mol. The highest BCUT2D eigenvalue weighted by atomic mass is 35.5. The Balaban J connectivity index is 1.60. The van der Waals surface area contributed by atoms with Crippen LogP contribution in [0.3, 0.4) is 0 Å². The van der Waals surface area contributed by atoms with Crippen molar-refractivity contribution in [1.82, 2.24) is 24.9 Å². The third-order valence-electron chi connectivity index (χ3n) is 3.71. The summed E-state index contributed by atoms with van der Waals surface area (Å²) in [6.07, 6.45) is 1.56. The van der Waals surface area contributed by atoms with Gasteiger partial charge in [-0.2, -0.15) is 10.2 Å². The zero-order chi connectivity index (χ0) is 17.8. The maximum absolute atomic E-state index is 12.4. The van der Waals surface area contributed by atoms with Gasteiger partial charge in [0, 0.05) is 24.0 Å². The van der Waals surface area contributed by atoms with Crippen molar-refractivity contribution < 1.29 is 9.53 Å². The second kappa shape index (κ2) is 7.40. The summed E-state index contributed by atoms with van der Waals surface area (Å²) in [5, 5.41) is 11.9. The van der Waals surface area contributed by atoms with E-state index in [9.17, 15) is 4.79 Å². The van der Waals surface area contributed by atoms with Crippen LogP contribution in [0.5, 0.6) is 5.75 Å². The Morgan fingerprint density at radius 3 is 2.72 bits per heavy atom. The van der Waals surface area contributed by atoms with E-state index >= 15 is 0 Å². The van der Waals surface area contributed by atoms with Gasteiger partial charge in [-0.25, -0.2) is 4.68 Å². The van der Waals surface area contributed by atoms with E-state index in [4.69, 9.17) is 16.3 Å². The monoisotopic (exact) mass is 359 g/mol. The maximum Gasteiger partial charge on any atom is 0.270 e. The molecule has 130 valence electrons. The fraction of sp³-hybridized carbons (Fsp3) is 0.235. The molecule has 0 fully saturated rings. The number of nitrogens with one attached hydrogen (secondary N) is 1. The Labute approximate surface area is 150 Å². The first kappa shape index (κ1) is 17.0. The molecule has 0 saturated carbocycles. The summed E-state index contributed by atoms with van der Waals surface area (Å²) in [5.74, 6) is 0.413. The van der Waals surface area contributed by atoms with E-state index in [-0.39, 0.29) is 12.6 Å². The van der Waals surface area contributed by atoms with Crippen molar-refractivity contribution >= 4 is 17.5 Å². The van der Waals surface area contributed by atoms with Gasteiger partial charge in [0.15, 0.2) is 6.73 Å². The number of carbonyl (C=O) groups is 1.